The van der Waals surface area contributed by atoms with Crippen LogP contribution in [-0.2, 0) is 5.41 Å². The molecular formula is C27H18ClN. The van der Waals surface area contributed by atoms with Gasteiger partial charge in [-0.25, -0.2) is 0 Å². The van der Waals surface area contributed by atoms with Gasteiger partial charge in [0.05, 0.1) is 21.7 Å². The number of benzene rings is 4. The lowest BCUT2D eigenvalue weighted by molar-refractivity contribution is 0.661. The van der Waals surface area contributed by atoms with E-state index in [1.807, 2.05) is 6.07 Å². The van der Waals surface area contributed by atoms with E-state index < -0.39 is 0 Å². The zero-order valence-corrected chi connectivity index (χ0v) is 17.0. The normalized spacial score (nSPS) is 15.0. The number of halogens is 1. The Bertz CT molecular complexity index is 1530. The smallest absolute Gasteiger partial charge is 0.0727 e. The van der Waals surface area contributed by atoms with Crippen molar-refractivity contribution in [1.29, 1.82) is 0 Å². The maximum Gasteiger partial charge on any atom is 0.0727 e. The van der Waals surface area contributed by atoms with Crippen LogP contribution in [0.2, 0.25) is 5.02 Å². The highest BCUT2D eigenvalue weighted by molar-refractivity contribution is 6.34. The molecule has 0 saturated carbocycles. The second-order valence-electron chi connectivity index (χ2n) is 8.73. The number of hydrogen-bond acceptors (Lipinski definition) is 0. The zero-order chi connectivity index (χ0) is 19.5. The SMILES string of the molecule is CC1(C)c2cccc3c2-c2c1ccc1c4ccccc4n(c21)-c1c(Cl)cccc1-3. The van der Waals surface area contributed by atoms with Crippen LogP contribution in [0.1, 0.15) is 25.0 Å². The van der Waals surface area contributed by atoms with Crippen molar-refractivity contribution in [2.75, 3.05) is 0 Å². The average Bonchev–Trinajstić information content (AvgIpc) is 3.12. The second kappa shape index (κ2) is 4.93. The minimum Gasteiger partial charge on any atom is -0.306 e. The molecule has 2 heterocycles. The highest BCUT2D eigenvalue weighted by Gasteiger charge is 2.40. The summed E-state index contributed by atoms with van der Waals surface area (Å²) in [6, 6.07) is 26.4. The van der Waals surface area contributed by atoms with Gasteiger partial charge in [0.25, 0.3) is 0 Å². The Morgan fingerprint density at radius 1 is 0.690 bits per heavy atom. The fraction of sp³-hybridized carbons (Fsp3) is 0.111. The van der Waals surface area contributed by atoms with Gasteiger partial charge < -0.3 is 4.57 Å². The number of hydrogen-bond donors (Lipinski definition) is 0. The summed E-state index contributed by atoms with van der Waals surface area (Å²) in [5.74, 6) is 0. The van der Waals surface area contributed by atoms with Crippen LogP contribution < -0.4 is 0 Å². The highest BCUT2D eigenvalue weighted by atomic mass is 35.5. The lowest BCUT2D eigenvalue weighted by Crippen LogP contribution is -2.15. The third-order valence-electron chi connectivity index (χ3n) is 7.00. The first-order chi connectivity index (χ1) is 14.1. The molecule has 4 aromatic carbocycles. The third kappa shape index (κ3) is 1.66. The van der Waals surface area contributed by atoms with Gasteiger partial charge in [-0.05, 0) is 34.4 Å². The van der Waals surface area contributed by atoms with Crippen LogP contribution in [0.5, 0.6) is 0 Å². The molecule has 138 valence electrons. The van der Waals surface area contributed by atoms with E-state index in [1.165, 1.54) is 55.2 Å². The molecule has 2 aliphatic rings. The van der Waals surface area contributed by atoms with Crippen LogP contribution in [0.4, 0.5) is 0 Å². The molecule has 0 radical (unpaired) electrons. The van der Waals surface area contributed by atoms with Crippen molar-refractivity contribution in [2.45, 2.75) is 19.3 Å². The fourth-order valence-electron chi connectivity index (χ4n) is 5.74. The standard InChI is InChI=1S/C27H18ClN/c1-27(2)19-10-5-8-16-17-9-6-11-21(28)25(17)29-22-12-4-3-7-15(22)18-13-14-20(27)24(23(16)19)26(18)29/h3-14H,1-2H3. The quantitative estimate of drug-likeness (QED) is 0.249. The summed E-state index contributed by atoms with van der Waals surface area (Å²) >= 11 is 6.88. The largest absolute Gasteiger partial charge is 0.306 e. The van der Waals surface area contributed by atoms with Gasteiger partial charge in [0.15, 0.2) is 0 Å². The van der Waals surface area contributed by atoms with Gasteiger partial charge in [-0.3, -0.25) is 0 Å². The number of fused-ring (bicyclic) bond motifs is 6. The Morgan fingerprint density at radius 3 is 2.34 bits per heavy atom. The lowest BCUT2D eigenvalue weighted by atomic mass is 9.81. The Morgan fingerprint density at radius 2 is 1.45 bits per heavy atom. The summed E-state index contributed by atoms with van der Waals surface area (Å²) in [6.45, 7) is 4.70. The van der Waals surface area contributed by atoms with Crippen molar-refractivity contribution in [3.05, 3.63) is 88.9 Å². The van der Waals surface area contributed by atoms with E-state index in [0.29, 0.717) is 0 Å². The number of nitrogens with zero attached hydrogens (tertiary/aromatic N) is 1. The van der Waals surface area contributed by atoms with E-state index in [1.54, 1.807) is 0 Å². The zero-order valence-electron chi connectivity index (χ0n) is 16.3. The van der Waals surface area contributed by atoms with Gasteiger partial charge in [0.1, 0.15) is 0 Å². The highest BCUT2D eigenvalue weighted by Crippen LogP contribution is 2.58. The molecule has 5 aromatic rings. The molecule has 29 heavy (non-hydrogen) atoms. The van der Waals surface area contributed by atoms with Gasteiger partial charge in [-0.1, -0.05) is 86.1 Å². The number of para-hydroxylation sites is 2. The number of rotatable bonds is 0. The first kappa shape index (κ1) is 15.8. The van der Waals surface area contributed by atoms with Crippen molar-refractivity contribution in [3.63, 3.8) is 0 Å². The summed E-state index contributed by atoms with van der Waals surface area (Å²) in [7, 11) is 0. The molecule has 1 aliphatic heterocycles. The van der Waals surface area contributed by atoms with Crippen LogP contribution in [0.25, 0.3) is 49.7 Å². The van der Waals surface area contributed by atoms with E-state index in [0.717, 1.165) is 10.7 Å². The van der Waals surface area contributed by atoms with Crippen molar-refractivity contribution < 1.29 is 0 Å². The van der Waals surface area contributed by atoms with E-state index in [-0.39, 0.29) is 5.41 Å². The van der Waals surface area contributed by atoms with E-state index >= 15 is 0 Å². The Kier molecular flexibility index (Phi) is 2.69. The van der Waals surface area contributed by atoms with E-state index in [9.17, 15) is 0 Å². The first-order valence-electron chi connectivity index (χ1n) is 10.1. The molecule has 2 heteroatoms. The average molecular weight is 392 g/mol. The maximum atomic E-state index is 6.88. The summed E-state index contributed by atoms with van der Waals surface area (Å²) in [6.07, 6.45) is 0. The topological polar surface area (TPSA) is 4.93 Å². The van der Waals surface area contributed by atoms with Crippen LogP contribution in [-0.4, -0.2) is 4.57 Å². The minimum absolute atomic E-state index is 0.0216. The van der Waals surface area contributed by atoms with Gasteiger partial charge in [-0.2, -0.15) is 0 Å². The van der Waals surface area contributed by atoms with Crippen molar-refractivity contribution in [1.82, 2.24) is 4.57 Å². The van der Waals surface area contributed by atoms with Gasteiger partial charge >= 0.3 is 0 Å². The molecule has 1 aliphatic carbocycles. The molecule has 1 aromatic heterocycles. The Balaban J connectivity index is 1.89. The molecule has 0 N–H and O–H groups in total. The summed E-state index contributed by atoms with van der Waals surface area (Å²) in [5, 5.41) is 3.37. The molecule has 0 atom stereocenters. The van der Waals surface area contributed by atoms with Crippen molar-refractivity contribution in [3.8, 4) is 27.9 Å². The van der Waals surface area contributed by atoms with Crippen LogP contribution in [0.3, 0.4) is 0 Å². The molecule has 0 spiro atoms. The van der Waals surface area contributed by atoms with Gasteiger partial charge in [0, 0.05) is 27.3 Å². The predicted molar refractivity (Wildman–Crippen MR) is 122 cm³/mol. The summed E-state index contributed by atoms with van der Waals surface area (Å²) in [5.41, 5.74) is 11.6. The third-order valence-corrected chi connectivity index (χ3v) is 7.30. The van der Waals surface area contributed by atoms with Crippen LogP contribution >= 0.6 is 11.6 Å². The van der Waals surface area contributed by atoms with Gasteiger partial charge in [-0.15, -0.1) is 0 Å². The summed E-state index contributed by atoms with van der Waals surface area (Å²) in [4.78, 5) is 0. The molecular weight excluding hydrogens is 374 g/mol. The molecule has 0 bridgehead atoms. The molecule has 0 unspecified atom stereocenters. The van der Waals surface area contributed by atoms with E-state index in [2.05, 4.69) is 85.1 Å². The molecule has 1 nitrogen and oxygen atoms in total. The molecule has 7 rings (SSSR count). The predicted octanol–water partition coefficient (Wildman–Crippen LogP) is 7.72. The molecule has 0 fully saturated rings. The van der Waals surface area contributed by atoms with Crippen LogP contribution in [0.15, 0.2) is 72.8 Å². The number of aromatic nitrogens is 1. The summed E-state index contributed by atoms with van der Waals surface area (Å²) < 4.78 is 2.41. The van der Waals surface area contributed by atoms with E-state index in [4.69, 9.17) is 11.6 Å². The monoisotopic (exact) mass is 391 g/mol. The van der Waals surface area contributed by atoms with Crippen LogP contribution in [0, 0.1) is 0 Å². The van der Waals surface area contributed by atoms with Crippen molar-refractivity contribution in [2.24, 2.45) is 0 Å². The minimum atomic E-state index is -0.0216. The fourth-order valence-corrected chi connectivity index (χ4v) is 5.99. The second-order valence-corrected chi connectivity index (χ2v) is 9.13. The Hall–Kier alpha value is -3.03. The van der Waals surface area contributed by atoms with Crippen molar-refractivity contribution >= 4 is 33.4 Å². The first-order valence-corrected chi connectivity index (χ1v) is 10.5. The van der Waals surface area contributed by atoms with Gasteiger partial charge in [0.2, 0.25) is 0 Å². The molecule has 0 saturated heterocycles. The maximum absolute atomic E-state index is 6.88. The lowest BCUT2D eigenvalue weighted by Gasteiger charge is -2.23. The Labute approximate surface area is 174 Å². The molecule has 0 amide bonds.